The number of sulfone groups is 1. The second-order valence-corrected chi connectivity index (χ2v) is 8.86. The molecule has 0 bridgehead atoms. The first kappa shape index (κ1) is 22.6. The standard InChI is InChI=1S/C20H26N2O6S/c1-14(2)15-6-8-16(9-7-15)29(25,26)18(17-5-4-11-28-17)13-22-20(24)19(23)21-10-12-27-3/h4-9,11,14,18H,10,12-13H2,1-3H3,(H,21,23)(H,22,24)/t18-/m1/s1. The van der Waals surface area contributed by atoms with E-state index in [0.717, 1.165) is 5.56 Å². The fraction of sp³-hybridized carbons (Fsp3) is 0.400. The number of hydrogen-bond donors (Lipinski definition) is 2. The zero-order chi connectivity index (χ0) is 21.4. The van der Waals surface area contributed by atoms with Gasteiger partial charge in [-0.2, -0.15) is 0 Å². The predicted molar refractivity (Wildman–Crippen MR) is 107 cm³/mol. The molecular formula is C20H26N2O6S. The van der Waals surface area contributed by atoms with Gasteiger partial charge in [0.25, 0.3) is 0 Å². The topological polar surface area (TPSA) is 115 Å². The first-order valence-corrected chi connectivity index (χ1v) is 10.7. The Labute approximate surface area is 170 Å². The van der Waals surface area contributed by atoms with Crippen LogP contribution >= 0.6 is 0 Å². The number of ether oxygens (including phenoxy) is 1. The number of carbonyl (C=O) groups is 2. The zero-order valence-corrected chi connectivity index (χ0v) is 17.5. The van der Waals surface area contributed by atoms with E-state index in [1.165, 1.54) is 19.4 Å². The predicted octanol–water partition coefficient (Wildman–Crippen LogP) is 1.80. The molecule has 0 spiro atoms. The molecule has 1 heterocycles. The molecule has 2 rings (SSSR count). The molecule has 0 saturated carbocycles. The molecule has 0 fully saturated rings. The Morgan fingerprint density at radius 1 is 1.07 bits per heavy atom. The lowest BCUT2D eigenvalue weighted by Crippen LogP contribution is -2.43. The Morgan fingerprint density at radius 3 is 2.28 bits per heavy atom. The van der Waals surface area contributed by atoms with Crippen molar-refractivity contribution in [1.82, 2.24) is 10.6 Å². The van der Waals surface area contributed by atoms with Crippen LogP contribution in [0.5, 0.6) is 0 Å². The van der Waals surface area contributed by atoms with E-state index in [-0.39, 0.29) is 36.3 Å². The van der Waals surface area contributed by atoms with Crippen LogP contribution in [0.15, 0.2) is 52.0 Å². The summed E-state index contributed by atoms with van der Waals surface area (Å²) in [5.41, 5.74) is 1.01. The highest BCUT2D eigenvalue weighted by Crippen LogP contribution is 2.29. The number of rotatable bonds is 9. The van der Waals surface area contributed by atoms with Gasteiger partial charge in [-0.1, -0.05) is 26.0 Å². The lowest BCUT2D eigenvalue weighted by Gasteiger charge is -2.17. The van der Waals surface area contributed by atoms with Crippen molar-refractivity contribution in [3.63, 3.8) is 0 Å². The van der Waals surface area contributed by atoms with Crippen LogP contribution in [0.3, 0.4) is 0 Å². The van der Waals surface area contributed by atoms with Gasteiger partial charge in [0.1, 0.15) is 11.0 Å². The average Bonchev–Trinajstić information content (AvgIpc) is 3.22. The van der Waals surface area contributed by atoms with Crippen LogP contribution in [0.4, 0.5) is 0 Å². The van der Waals surface area contributed by atoms with E-state index in [9.17, 15) is 18.0 Å². The van der Waals surface area contributed by atoms with E-state index in [1.807, 2.05) is 13.8 Å². The molecule has 8 nitrogen and oxygen atoms in total. The van der Waals surface area contributed by atoms with Crippen molar-refractivity contribution in [1.29, 1.82) is 0 Å². The number of amides is 2. The van der Waals surface area contributed by atoms with Crippen molar-refractivity contribution in [2.24, 2.45) is 0 Å². The summed E-state index contributed by atoms with van der Waals surface area (Å²) in [6.07, 6.45) is 1.36. The highest BCUT2D eigenvalue weighted by molar-refractivity contribution is 7.91. The molecule has 158 valence electrons. The Hall–Kier alpha value is -2.65. The largest absolute Gasteiger partial charge is 0.468 e. The average molecular weight is 423 g/mol. The second kappa shape index (κ2) is 10.2. The maximum Gasteiger partial charge on any atom is 0.309 e. The third-order valence-corrected chi connectivity index (χ3v) is 6.43. The first-order chi connectivity index (χ1) is 13.8. The summed E-state index contributed by atoms with van der Waals surface area (Å²) in [4.78, 5) is 23.9. The van der Waals surface area contributed by atoms with Crippen LogP contribution < -0.4 is 10.6 Å². The fourth-order valence-corrected chi connectivity index (χ4v) is 4.24. The Bertz CT molecular complexity index is 905. The van der Waals surface area contributed by atoms with Crippen LogP contribution in [-0.4, -0.2) is 47.0 Å². The molecular weight excluding hydrogens is 396 g/mol. The second-order valence-electron chi connectivity index (χ2n) is 6.73. The minimum Gasteiger partial charge on any atom is -0.468 e. The highest BCUT2D eigenvalue weighted by atomic mass is 32.2. The lowest BCUT2D eigenvalue weighted by atomic mass is 10.0. The molecule has 0 saturated heterocycles. The summed E-state index contributed by atoms with van der Waals surface area (Å²) in [7, 11) is -2.40. The summed E-state index contributed by atoms with van der Waals surface area (Å²) in [5.74, 6) is -1.34. The number of methoxy groups -OCH3 is 1. The van der Waals surface area contributed by atoms with Crippen LogP contribution in [0.25, 0.3) is 0 Å². The van der Waals surface area contributed by atoms with Gasteiger partial charge in [-0.3, -0.25) is 9.59 Å². The third kappa shape index (κ3) is 5.91. The van der Waals surface area contributed by atoms with Gasteiger partial charge in [-0.25, -0.2) is 8.42 Å². The zero-order valence-electron chi connectivity index (χ0n) is 16.7. The van der Waals surface area contributed by atoms with E-state index in [1.54, 1.807) is 30.3 Å². The summed E-state index contributed by atoms with van der Waals surface area (Å²) < 4.78 is 36.4. The smallest absolute Gasteiger partial charge is 0.309 e. The molecule has 1 aromatic heterocycles. The maximum absolute atomic E-state index is 13.2. The minimum atomic E-state index is -3.87. The van der Waals surface area contributed by atoms with Crippen LogP contribution in [-0.2, 0) is 24.2 Å². The minimum absolute atomic E-state index is 0.113. The molecule has 0 radical (unpaired) electrons. The van der Waals surface area contributed by atoms with Crippen molar-refractivity contribution in [2.75, 3.05) is 26.8 Å². The van der Waals surface area contributed by atoms with Crippen molar-refractivity contribution in [2.45, 2.75) is 29.9 Å². The van der Waals surface area contributed by atoms with Gasteiger partial charge in [-0.05, 0) is 35.7 Å². The normalized spacial score (nSPS) is 12.6. The van der Waals surface area contributed by atoms with Gasteiger partial charge in [0.15, 0.2) is 9.84 Å². The summed E-state index contributed by atoms with van der Waals surface area (Å²) in [6.45, 7) is 4.16. The van der Waals surface area contributed by atoms with E-state index in [4.69, 9.17) is 9.15 Å². The molecule has 0 aliphatic rings. The van der Waals surface area contributed by atoms with Crippen molar-refractivity contribution < 1.29 is 27.2 Å². The summed E-state index contributed by atoms with van der Waals surface area (Å²) >= 11 is 0. The molecule has 2 aromatic rings. The molecule has 1 atom stereocenters. The quantitative estimate of drug-likeness (QED) is 0.470. The van der Waals surface area contributed by atoms with Gasteiger partial charge >= 0.3 is 11.8 Å². The Morgan fingerprint density at radius 2 is 1.72 bits per heavy atom. The number of hydrogen-bond acceptors (Lipinski definition) is 6. The monoisotopic (exact) mass is 422 g/mol. The van der Waals surface area contributed by atoms with Crippen LogP contribution in [0, 0.1) is 0 Å². The molecule has 0 aliphatic heterocycles. The highest BCUT2D eigenvalue weighted by Gasteiger charge is 2.32. The van der Waals surface area contributed by atoms with Gasteiger partial charge < -0.3 is 19.8 Å². The molecule has 0 aliphatic carbocycles. The molecule has 2 amide bonds. The van der Waals surface area contributed by atoms with E-state index < -0.39 is 26.9 Å². The molecule has 29 heavy (non-hydrogen) atoms. The van der Waals surface area contributed by atoms with Crippen LogP contribution in [0.1, 0.15) is 36.3 Å². The maximum atomic E-state index is 13.2. The lowest BCUT2D eigenvalue weighted by molar-refractivity contribution is -0.139. The van der Waals surface area contributed by atoms with Gasteiger partial charge in [-0.15, -0.1) is 0 Å². The fourth-order valence-electron chi connectivity index (χ4n) is 2.66. The van der Waals surface area contributed by atoms with Gasteiger partial charge in [0.2, 0.25) is 0 Å². The van der Waals surface area contributed by atoms with Crippen LogP contribution in [0.2, 0.25) is 0 Å². The van der Waals surface area contributed by atoms with E-state index in [2.05, 4.69) is 10.6 Å². The molecule has 9 heteroatoms. The molecule has 2 N–H and O–H groups in total. The summed E-state index contributed by atoms with van der Waals surface area (Å²) in [5, 5.41) is 3.58. The van der Waals surface area contributed by atoms with Crippen molar-refractivity contribution in [3.8, 4) is 0 Å². The molecule has 1 aromatic carbocycles. The van der Waals surface area contributed by atoms with E-state index >= 15 is 0 Å². The SMILES string of the molecule is COCCNC(=O)C(=O)NC[C@H](c1ccco1)S(=O)(=O)c1ccc(C(C)C)cc1. The number of nitrogens with one attached hydrogen (secondary N) is 2. The summed E-state index contributed by atoms with van der Waals surface area (Å²) in [6, 6.07) is 9.70. The number of furan rings is 1. The third-order valence-electron chi connectivity index (χ3n) is 4.36. The first-order valence-electron chi connectivity index (χ1n) is 9.19. The molecule has 0 unspecified atom stereocenters. The van der Waals surface area contributed by atoms with Gasteiger partial charge in [0.05, 0.1) is 17.8 Å². The Balaban J connectivity index is 2.18. The number of benzene rings is 1. The van der Waals surface area contributed by atoms with E-state index in [0.29, 0.717) is 0 Å². The Kier molecular flexibility index (Phi) is 7.98. The van der Waals surface area contributed by atoms with Gasteiger partial charge in [0, 0.05) is 20.2 Å². The van der Waals surface area contributed by atoms with Crippen molar-refractivity contribution in [3.05, 3.63) is 54.0 Å². The number of carbonyl (C=O) groups excluding carboxylic acids is 2. The van der Waals surface area contributed by atoms with Crippen molar-refractivity contribution >= 4 is 21.7 Å².